The fourth-order valence-electron chi connectivity index (χ4n) is 4.31. The lowest BCUT2D eigenvalue weighted by atomic mass is 10.2. The Bertz CT molecular complexity index is 1410. The Kier molecular flexibility index (Phi) is 4.45. The van der Waals surface area contributed by atoms with Gasteiger partial charge in [-0.2, -0.15) is 4.52 Å². The average molecular weight is 424 g/mol. The molecule has 0 spiro atoms. The molecule has 0 amide bonds. The number of halogens is 1. The number of para-hydroxylation sites is 2. The zero-order chi connectivity index (χ0) is 21.5. The van der Waals surface area contributed by atoms with Crippen LogP contribution < -0.4 is 9.80 Å². The third-order valence-electron chi connectivity index (χ3n) is 5.95. The number of rotatable bonds is 3. The van der Waals surface area contributed by atoms with Crippen molar-refractivity contribution in [3.8, 4) is 11.4 Å². The molecule has 0 saturated carbocycles. The summed E-state index contributed by atoms with van der Waals surface area (Å²) >= 11 is 0. The fourth-order valence-corrected chi connectivity index (χ4v) is 4.31. The van der Waals surface area contributed by atoms with Crippen LogP contribution in [0.15, 0.2) is 78.9 Å². The van der Waals surface area contributed by atoms with Crippen LogP contribution in [-0.4, -0.2) is 45.8 Å². The maximum Gasteiger partial charge on any atom is 0.229 e. The summed E-state index contributed by atoms with van der Waals surface area (Å²) < 4.78 is 16.1. The largest absolute Gasteiger partial charge is 0.366 e. The molecule has 2 aromatic heterocycles. The van der Waals surface area contributed by atoms with Crippen LogP contribution in [0, 0.1) is 5.82 Å². The maximum atomic E-state index is 14.3. The molecule has 0 atom stereocenters. The van der Waals surface area contributed by atoms with Gasteiger partial charge in [-0.1, -0.05) is 54.6 Å². The molecule has 0 radical (unpaired) electrons. The van der Waals surface area contributed by atoms with Crippen LogP contribution in [0.5, 0.6) is 0 Å². The van der Waals surface area contributed by atoms with Gasteiger partial charge in [-0.3, -0.25) is 0 Å². The van der Waals surface area contributed by atoms with Crippen molar-refractivity contribution >= 4 is 28.2 Å². The first-order valence-corrected chi connectivity index (χ1v) is 10.7. The Labute approximate surface area is 184 Å². The van der Waals surface area contributed by atoms with Gasteiger partial charge in [-0.05, 0) is 24.3 Å². The average Bonchev–Trinajstić information content (AvgIpc) is 3.31. The summed E-state index contributed by atoms with van der Waals surface area (Å²) in [5.74, 6) is 1.26. The van der Waals surface area contributed by atoms with Gasteiger partial charge in [-0.15, -0.1) is 5.10 Å². The SMILES string of the molecule is Fc1ccccc1N1CCN(c2nc3ccccc3c3nc(-c4ccccc4)nn23)CC1. The van der Waals surface area contributed by atoms with E-state index in [1.54, 1.807) is 6.07 Å². The monoisotopic (exact) mass is 424 g/mol. The van der Waals surface area contributed by atoms with Crippen LogP contribution in [0.4, 0.5) is 16.0 Å². The quantitative estimate of drug-likeness (QED) is 0.429. The molecule has 6 nitrogen and oxygen atoms in total. The second-order valence-corrected chi connectivity index (χ2v) is 7.89. The van der Waals surface area contributed by atoms with Gasteiger partial charge < -0.3 is 9.80 Å². The minimum absolute atomic E-state index is 0.184. The van der Waals surface area contributed by atoms with Crippen molar-refractivity contribution in [2.75, 3.05) is 36.0 Å². The highest BCUT2D eigenvalue weighted by atomic mass is 19.1. The molecule has 1 saturated heterocycles. The Hall–Kier alpha value is -4.00. The van der Waals surface area contributed by atoms with Crippen LogP contribution in [0.3, 0.4) is 0 Å². The molecule has 32 heavy (non-hydrogen) atoms. The summed E-state index contributed by atoms with van der Waals surface area (Å²) in [5, 5.41) is 5.80. The van der Waals surface area contributed by atoms with E-state index in [1.165, 1.54) is 6.07 Å². The molecular weight excluding hydrogens is 403 g/mol. The van der Waals surface area contributed by atoms with Crippen molar-refractivity contribution in [3.63, 3.8) is 0 Å². The Morgan fingerprint density at radius 1 is 0.688 bits per heavy atom. The van der Waals surface area contributed by atoms with Crippen LogP contribution in [0.1, 0.15) is 0 Å². The van der Waals surface area contributed by atoms with E-state index in [4.69, 9.17) is 15.1 Å². The van der Waals surface area contributed by atoms with Gasteiger partial charge in [0.05, 0.1) is 11.2 Å². The van der Waals surface area contributed by atoms with Crippen LogP contribution >= 0.6 is 0 Å². The predicted octanol–water partition coefficient (Wildman–Crippen LogP) is 4.41. The third kappa shape index (κ3) is 3.13. The van der Waals surface area contributed by atoms with Gasteiger partial charge in [-0.25, -0.2) is 14.4 Å². The standard InChI is InChI=1S/C25H21FN6/c26-20-11-5-7-13-22(20)30-14-16-31(17-15-30)25-27-21-12-6-4-10-19(21)24-28-23(29-32(24)25)18-8-2-1-3-9-18/h1-13H,14-17H2. The number of anilines is 2. The van der Waals surface area contributed by atoms with Crippen molar-refractivity contribution in [1.82, 2.24) is 19.6 Å². The molecule has 0 bridgehead atoms. The Balaban J connectivity index is 1.40. The van der Waals surface area contributed by atoms with Gasteiger partial charge in [0.15, 0.2) is 11.5 Å². The van der Waals surface area contributed by atoms with Crippen molar-refractivity contribution in [2.24, 2.45) is 0 Å². The molecule has 1 fully saturated rings. The lowest BCUT2D eigenvalue weighted by molar-refractivity contribution is 0.591. The Morgan fingerprint density at radius 3 is 2.19 bits per heavy atom. The molecular formula is C25H21FN6. The number of hydrogen-bond donors (Lipinski definition) is 0. The zero-order valence-corrected chi connectivity index (χ0v) is 17.4. The topological polar surface area (TPSA) is 49.6 Å². The summed E-state index contributed by atoms with van der Waals surface area (Å²) in [6.07, 6.45) is 0. The summed E-state index contributed by atoms with van der Waals surface area (Å²) in [7, 11) is 0. The lowest BCUT2D eigenvalue weighted by Gasteiger charge is -2.36. The minimum Gasteiger partial charge on any atom is -0.366 e. The molecule has 0 N–H and O–H groups in total. The summed E-state index contributed by atoms with van der Waals surface area (Å²) in [6.45, 7) is 2.85. The van der Waals surface area contributed by atoms with E-state index in [2.05, 4.69) is 9.80 Å². The first-order chi connectivity index (χ1) is 15.8. The molecule has 1 aliphatic heterocycles. The van der Waals surface area contributed by atoms with E-state index in [-0.39, 0.29) is 5.82 Å². The smallest absolute Gasteiger partial charge is 0.229 e. The number of benzene rings is 3. The summed E-state index contributed by atoms with van der Waals surface area (Å²) in [6, 6.07) is 24.9. The van der Waals surface area contributed by atoms with Crippen molar-refractivity contribution in [2.45, 2.75) is 0 Å². The molecule has 158 valence electrons. The van der Waals surface area contributed by atoms with Crippen molar-refractivity contribution < 1.29 is 4.39 Å². The molecule has 3 aromatic carbocycles. The fraction of sp³-hybridized carbons (Fsp3) is 0.160. The van der Waals surface area contributed by atoms with Crippen LogP contribution in [-0.2, 0) is 0 Å². The molecule has 7 heteroatoms. The van der Waals surface area contributed by atoms with E-state index in [1.807, 2.05) is 71.2 Å². The van der Waals surface area contributed by atoms with Gasteiger partial charge in [0, 0.05) is 37.1 Å². The van der Waals surface area contributed by atoms with Crippen molar-refractivity contribution in [3.05, 3.63) is 84.7 Å². The maximum absolute atomic E-state index is 14.3. The van der Waals surface area contributed by atoms with E-state index >= 15 is 0 Å². The molecule has 6 rings (SSSR count). The first kappa shape index (κ1) is 18.7. The van der Waals surface area contributed by atoms with Crippen LogP contribution in [0.25, 0.3) is 27.9 Å². The van der Waals surface area contributed by atoms with E-state index in [0.29, 0.717) is 24.6 Å². The van der Waals surface area contributed by atoms with E-state index in [9.17, 15) is 4.39 Å². The highest BCUT2D eigenvalue weighted by molar-refractivity contribution is 5.93. The summed E-state index contributed by atoms with van der Waals surface area (Å²) in [5.41, 5.74) is 3.30. The Morgan fingerprint density at radius 2 is 1.38 bits per heavy atom. The number of hydrogen-bond acceptors (Lipinski definition) is 5. The van der Waals surface area contributed by atoms with Gasteiger partial charge in [0.1, 0.15) is 5.82 Å². The molecule has 3 heterocycles. The number of nitrogens with zero attached hydrogens (tertiary/aromatic N) is 6. The molecule has 1 aliphatic rings. The highest BCUT2D eigenvalue weighted by Gasteiger charge is 2.24. The molecule has 0 aliphatic carbocycles. The van der Waals surface area contributed by atoms with E-state index < -0.39 is 0 Å². The number of piperazine rings is 1. The minimum atomic E-state index is -0.184. The summed E-state index contributed by atoms with van der Waals surface area (Å²) in [4.78, 5) is 14.1. The zero-order valence-electron chi connectivity index (χ0n) is 17.4. The number of fused-ring (bicyclic) bond motifs is 3. The second kappa shape index (κ2) is 7.60. The van der Waals surface area contributed by atoms with Crippen molar-refractivity contribution in [1.29, 1.82) is 0 Å². The highest BCUT2D eigenvalue weighted by Crippen LogP contribution is 2.27. The lowest BCUT2D eigenvalue weighted by Crippen LogP contribution is -2.47. The van der Waals surface area contributed by atoms with E-state index in [0.717, 1.165) is 41.2 Å². The van der Waals surface area contributed by atoms with Gasteiger partial charge in [0.2, 0.25) is 5.95 Å². The second-order valence-electron chi connectivity index (χ2n) is 7.89. The third-order valence-corrected chi connectivity index (χ3v) is 5.95. The first-order valence-electron chi connectivity index (χ1n) is 10.7. The normalized spacial score (nSPS) is 14.4. The molecule has 5 aromatic rings. The van der Waals surface area contributed by atoms with Gasteiger partial charge in [0.25, 0.3) is 0 Å². The van der Waals surface area contributed by atoms with Crippen LogP contribution in [0.2, 0.25) is 0 Å². The van der Waals surface area contributed by atoms with Gasteiger partial charge >= 0.3 is 0 Å². The predicted molar refractivity (Wildman–Crippen MR) is 125 cm³/mol. The number of aromatic nitrogens is 4. The molecule has 0 unspecified atom stereocenters.